The van der Waals surface area contributed by atoms with Crippen molar-refractivity contribution < 1.29 is 4.74 Å². The van der Waals surface area contributed by atoms with E-state index < -0.39 is 0 Å². The second-order valence-corrected chi connectivity index (χ2v) is 4.73. The van der Waals surface area contributed by atoms with E-state index in [0.717, 1.165) is 33.4 Å². The Morgan fingerprint density at radius 2 is 1.83 bits per heavy atom. The summed E-state index contributed by atoms with van der Waals surface area (Å²) in [4.78, 5) is 0. The van der Waals surface area contributed by atoms with Crippen LogP contribution in [0.4, 0.5) is 0 Å². The van der Waals surface area contributed by atoms with E-state index in [2.05, 4.69) is 22.9 Å². The Kier molecular flexibility index (Phi) is 3.68. The van der Waals surface area contributed by atoms with Crippen molar-refractivity contribution in [2.75, 3.05) is 0 Å². The number of hydrogen-bond donors (Lipinski definition) is 0. The molecule has 2 rings (SSSR count). The molecule has 0 aliphatic heterocycles. The van der Waals surface area contributed by atoms with Gasteiger partial charge >= 0.3 is 0 Å². The predicted molar refractivity (Wildman–Crippen MR) is 77.9 cm³/mol. The van der Waals surface area contributed by atoms with Crippen LogP contribution in [-0.4, -0.2) is 10.2 Å². The average Bonchev–Trinajstić information content (AvgIpc) is 2.40. The topological polar surface area (TPSA) is 9.23 Å². The molecule has 0 heterocycles. The van der Waals surface area contributed by atoms with Crippen LogP contribution in [0.5, 0.6) is 11.5 Å². The lowest BCUT2D eigenvalue weighted by atomic mass is 10.1. The van der Waals surface area contributed by atoms with Gasteiger partial charge in [0.05, 0.1) is 10.2 Å². The molecule has 18 heavy (non-hydrogen) atoms. The molecule has 0 aromatic heterocycles. The van der Waals surface area contributed by atoms with Gasteiger partial charge in [0.2, 0.25) is 0 Å². The van der Waals surface area contributed by atoms with Crippen molar-refractivity contribution in [3.8, 4) is 11.5 Å². The first-order valence-electron chi connectivity index (χ1n) is 5.84. The fraction of sp³-hybridized carbons (Fsp3) is 0.125. The van der Waals surface area contributed by atoms with E-state index in [1.165, 1.54) is 0 Å². The molecule has 0 saturated carbocycles. The van der Waals surface area contributed by atoms with Gasteiger partial charge in [0, 0.05) is 0 Å². The van der Waals surface area contributed by atoms with Gasteiger partial charge < -0.3 is 4.74 Å². The molecule has 0 spiro atoms. The molecule has 0 aliphatic carbocycles. The number of aryl methyl sites for hydroxylation is 1. The zero-order valence-corrected chi connectivity index (χ0v) is 11.7. The van der Waals surface area contributed by atoms with Gasteiger partial charge in [0.25, 0.3) is 0 Å². The SMILES string of the molecule is C=Cc1cc(C)c(Oc2ccccc2)c(C)c1[Si]. The molecule has 0 amide bonds. The molecule has 0 fully saturated rings. The first-order chi connectivity index (χ1) is 8.63. The molecule has 0 atom stereocenters. The van der Waals surface area contributed by atoms with E-state index >= 15 is 0 Å². The summed E-state index contributed by atoms with van der Waals surface area (Å²) in [5.74, 6) is 1.75. The molecular weight excluding hydrogens is 236 g/mol. The molecule has 0 unspecified atom stereocenters. The Balaban J connectivity index is 2.46. The van der Waals surface area contributed by atoms with Crippen LogP contribution in [0.3, 0.4) is 0 Å². The largest absolute Gasteiger partial charge is 0.457 e. The van der Waals surface area contributed by atoms with Crippen LogP contribution in [0.1, 0.15) is 16.7 Å². The maximum absolute atomic E-state index is 5.95. The van der Waals surface area contributed by atoms with Gasteiger partial charge in [-0.1, -0.05) is 36.0 Å². The van der Waals surface area contributed by atoms with Gasteiger partial charge in [-0.3, -0.25) is 0 Å². The Morgan fingerprint density at radius 3 is 2.44 bits per heavy atom. The molecule has 89 valence electrons. The van der Waals surface area contributed by atoms with Gasteiger partial charge in [-0.2, -0.15) is 0 Å². The van der Waals surface area contributed by atoms with Gasteiger partial charge in [0.1, 0.15) is 11.5 Å². The lowest BCUT2D eigenvalue weighted by Crippen LogP contribution is -2.13. The summed E-state index contributed by atoms with van der Waals surface area (Å²) in [6, 6.07) is 11.9. The zero-order valence-electron chi connectivity index (χ0n) is 10.7. The van der Waals surface area contributed by atoms with Crippen LogP contribution < -0.4 is 9.92 Å². The first kappa shape index (κ1) is 12.6. The van der Waals surface area contributed by atoms with Crippen LogP contribution in [0, 0.1) is 13.8 Å². The van der Waals surface area contributed by atoms with Crippen LogP contribution in [0.25, 0.3) is 6.08 Å². The molecule has 3 radical (unpaired) electrons. The van der Waals surface area contributed by atoms with Gasteiger partial charge in [-0.05, 0) is 48.7 Å². The van der Waals surface area contributed by atoms with Crippen molar-refractivity contribution in [3.63, 3.8) is 0 Å². The third-order valence-corrected chi connectivity index (χ3v) is 3.58. The molecule has 0 saturated heterocycles. The summed E-state index contributed by atoms with van der Waals surface area (Å²) in [7, 11) is 3.64. The Labute approximate surface area is 112 Å². The number of para-hydroxylation sites is 1. The van der Waals surface area contributed by atoms with Crippen LogP contribution in [-0.2, 0) is 0 Å². The predicted octanol–water partition coefficient (Wildman–Crippen LogP) is 3.53. The zero-order chi connectivity index (χ0) is 13.1. The van der Waals surface area contributed by atoms with E-state index in [1.807, 2.05) is 50.3 Å². The lowest BCUT2D eigenvalue weighted by molar-refractivity contribution is 0.475. The highest BCUT2D eigenvalue weighted by Crippen LogP contribution is 2.28. The number of benzene rings is 2. The van der Waals surface area contributed by atoms with E-state index in [9.17, 15) is 0 Å². The van der Waals surface area contributed by atoms with Crippen molar-refractivity contribution >= 4 is 21.5 Å². The maximum Gasteiger partial charge on any atom is 0.133 e. The highest BCUT2D eigenvalue weighted by atomic mass is 28.1. The van der Waals surface area contributed by atoms with Gasteiger partial charge in [-0.15, -0.1) is 0 Å². The van der Waals surface area contributed by atoms with E-state index in [1.54, 1.807) is 0 Å². The van der Waals surface area contributed by atoms with Crippen molar-refractivity contribution in [3.05, 3.63) is 59.7 Å². The number of rotatable bonds is 3. The van der Waals surface area contributed by atoms with Crippen molar-refractivity contribution in [1.29, 1.82) is 0 Å². The standard InChI is InChI=1S/C16H15OSi/c1-4-13-10-11(2)15(12(3)16(13)18)17-14-8-6-5-7-9-14/h4-10H,1H2,2-3H3. The molecular formula is C16H15OSi. The van der Waals surface area contributed by atoms with Crippen LogP contribution in [0.15, 0.2) is 43.0 Å². The second-order valence-electron chi connectivity index (χ2n) is 4.23. The third kappa shape index (κ3) is 2.39. The van der Waals surface area contributed by atoms with Crippen molar-refractivity contribution in [2.24, 2.45) is 0 Å². The summed E-state index contributed by atoms with van der Waals surface area (Å²) in [6.07, 6.45) is 1.84. The molecule has 0 bridgehead atoms. The lowest BCUT2D eigenvalue weighted by Gasteiger charge is -2.15. The molecule has 0 aliphatic rings. The minimum atomic E-state index is 0.848. The Hall–Kier alpha value is -1.80. The maximum atomic E-state index is 5.95. The normalized spacial score (nSPS) is 10.2. The highest BCUT2D eigenvalue weighted by molar-refractivity contribution is 6.35. The van der Waals surface area contributed by atoms with Gasteiger partial charge in [0.15, 0.2) is 0 Å². The van der Waals surface area contributed by atoms with Crippen molar-refractivity contribution in [2.45, 2.75) is 13.8 Å². The van der Waals surface area contributed by atoms with Crippen molar-refractivity contribution in [1.82, 2.24) is 0 Å². The third-order valence-electron chi connectivity index (χ3n) is 2.92. The van der Waals surface area contributed by atoms with E-state index in [0.29, 0.717) is 0 Å². The van der Waals surface area contributed by atoms with Gasteiger partial charge in [-0.25, -0.2) is 0 Å². The summed E-state index contributed by atoms with van der Waals surface area (Å²) in [5.41, 5.74) is 3.28. The van der Waals surface area contributed by atoms with E-state index in [-0.39, 0.29) is 0 Å². The summed E-state index contributed by atoms with van der Waals surface area (Å²) in [6.45, 7) is 7.90. The minimum Gasteiger partial charge on any atom is -0.457 e. The smallest absolute Gasteiger partial charge is 0.133 e. The monoisotopic (exact) mass is 251 g/mol. The quantitative estimate of drug-likeness (QED) is 0.758. The average molecular weight is 251 g/mol. The molecule has 2 aromatic carbocycles. The minimum absolute atomic E-state index is 0.848. The molecule has 2 aromatic rings. The summed E-state index contributed by atoms with van der Waals surface area (Å²) < 4.78 is 5.95. The Morgan fingerprint density at radius 1 is 1.17 bits per heavy atom. The summed E-state index contributed by atoms with van der Waals surface area (Å²) in [5, 5.41) is 1.03. The highest BCUT2D eigenvalue weighted by Gasteiger charge is 2.10. The van der Waals surface area contributed by atoms with Crippen LogP contribution >= 0.6 is 0 Å². The fourth-order valence-corrected chi connectivity index (χ4v) is 2.21. The number of hydrogen-bond acceptors (Lipinski definition) is 1. The molecule has 0 N–H and O–H groups in total. The fourth-order valence-electron chi connectivity index (χ4n) is 1.92. The first-order valence-corrected chi connectivity index (χ1v) is 6.34. The van der Waals surface area contributed by atoms with Crippen LogP contribution in [0.2, 0.25) is 0 Å². The second kappa shape index (κ2) is 5.23. The molecule has 1 nitrogen and oxygen atoms in total. The number of ether oxygens (including phenoxy) is 1. The van der Waals surface area contributed by atoms with E-state index in [4.69, 9.17) is 4.74 Å². The summed E-state index contributed by atoms with van der Waals surface area (Å²) >= 11 is 0. The molecule has 2 heteroatoms. The Bertz CT molecular complexity index is 573.